The Morgan fingerprint density at radius 3 is 2.45 bits per heavy atom. The number of aromatic nitrogens is 1. The summed E-state index contributed by atoms with van der Waals surface area (Å²) >= 11 is 0. The van der Waals surface area contributed by atoms with Gasteiger partial charge in [0.15, 0.2) is 6.10 Å². The summed E-state index contributed by atoms with van der Waals surface area (Å²) in [6.07, 6.45) is -4.53. The number of halogens is 3. The number of nitrogens with one attached hydrogen (secondary N) is 1. The fourth-order valence-corrected chi connectivity index (χ4v) is 0.696. The molecule has 1 rings (SSSR count). The third kappa shape index (κ3) is 1.74. The van der Waals surface area contributed by atoms with Gasteiger partial charge in [0.2, 0.25) is 0 Å². The first kappa shape index (κ1) is 8.13. The summed E-state index contributed by atoms with van der Waals surface area (Å²) in [6.45, 7) is 0. The van der Waals surface area contributed by atoms with Gasteiger partial charge in [-0.05, 0) is 6.07 Å². The predicted octanol–water partition coefficient (Wildman–Crippen LogP) is 1.61. The maximum Gasteiger partial charge on any atom is 0.418 e. The van der Waals surface area contributed by atoms with Gasteiger partial charge in [0.1, 0.15) is 0 Å². The van der Waals surface area contributed by atoms with Gasteiger partial charge >= 0.3 is 6.18 Å². The van der Waals surface area contributed by atoms with Crippen LogP contribution in [0.15, 0.2) is 18.5 Å². The van der Waals surface area contributed by atoms with Crippen LogP contribution in [-0.2, 0) is 0 Å². The average Bonchev–Trinajstić information content (AvgIpc) is 2.34. The van der Waals surface area contributed by atoms with E-state index in [-0.39, 0.29) is 5.56 Å². The minimum Gasteiger partial charge on any atom is -0.379 e. The number of rotatable bonds is 1. The Kier molecular flexibility index (Phi) is 1.90. The van der Waals surface area contributed by atoms with Crippen LogP contribution in [0.2, 0.25) is 0 Å². The third-order valence-electron chi connectivity index (χ3n) is 1.25. The molecule has 0 amide bonds. The largest absolute Gasteiger partial charge is 0.418 e. The minimum absolute atomic E-state index is 0.169. The molecule has 0 aliphatic rings. The normalized spacial score (nSPS) is 14.9. The van der Waals surface area contributed by atoms with Crippen molar-refractivity contribution < 1.29 is 18.3 Å². The molecule has 0 aromatic carbocycles. The van der Waals surface area contributed by atoms with E-state index in [9.17, 15) is 13.2 Å². The molecular formula is C6H6F3NO. The maximum atomic E-state index is 11.7. The van der Waals surface area contributed by atoms with Crippen molar-refractivity contribution in [1.82, 2.24) is 4.98 Å². The lowest BCUT2D eigenvalue weighted by molar-refractivity contribution is -0.206. The van der Waals surface area contributed by atoms with Crippen LogP contribution in [0, 0.1) is 0 Å². The summed E-state index contributed by atoms with van der Waals surface area (Å²) in [6, 6.07) is 1.18. The summed E-state index contributed by atoms with van der Waals surface area (Å²) in [5, 5.41) is 8.60. The van der Waals surface area contributed by atoms with E-state index in [1.165, 1.54) is 12.3 Å². The van der Waals surface area contributed by atoms with Crippen molar-refractivity contribution in [3.8, 4) is 0 Å². The Morgan fingerprint density at radius 1 is 1.45 bits per heavy atom. The number of aliphatic hydroxyl groups excluding tert-OH is 1. The number of aromatic amines is 1. The Balaban J connectivity index is 2.78. The van der Waals surface area contributed by atoms with Crippen LogP contribution in [0.4, 0.5) is 13.2 Å². The highest BCUT2D eigenvalue weighted by Gasteiger charge is 2.39. The molecule has 1 heterocycles. The van der Waals surface area contributed by atoms with Crippen LogP contribution in [-0.4, -0.2) is 16.3 Å². The van der Waals surface area contributed by atoms with Gasteiger partial charge in [-0.1, -0.05) is 0 Å². The van der Waals surface area contributed by atoms with E-state index in [0.29, 0.717) is 0 Å². The van der Waals surface area contributed by atoms with Crippen molar-refractivity contribution >= 4 is 0 Å². The fourth-order valence-electron chi connectivity index (χ4n) is 0.696. The molecule has 0 saturated carbocycles. The van der Waals surface area contributed by atoms with Crippen molar-refractivity contribution in [2.45, 2.75) is 12.3 Å². The van der Waals surface area contributed by atoms with Crippen LogP contribution in [0.1, 0.15) is 11.7 Å². The van der Waals surface area contributed by atoms with Gasteiger partial charge in [-0.25, -0.2) is 0 Å². The van der Waals surface area contributed by atoms with Crippen molar-refractivity contribution in [1.29, 1.82) is 0 Å². The number of H-pyrrole nitrogens is 1. The highest BCUT2D eigenvalue weighted by Crippen LogP contribution is 2.31. The monoisotopic (exact) mass is 165 g/mol. The first-order chi connectivity index (χ1) is 5.02. The molecule has 5 heteroatoms. The number of hydrogen-bond donors (Lipinski definition) is 2. The van der Waals surface area contributed by atoms with Gasteiger partial charge in [0.25, 0.3) is 0 Å². The van der Waals surface area contributed by atoms with E-state index >= 15 is 0 Å². The molecule has 0 radical (unpaired) electrons. The smallest absolute Gasteiger partial charge is 0.379 e. The van der Waals surface area contributed by atoms with Gasteiger partial charge in [-0.3, -0.25) is 0 Å². The molecule has 0 aliphatic carbocycles. The lowest BCUT2D eigenvalue weighted by Crippen LogP contribution is -2.19. The first-order valence-corrected chi connectivity index (χ1v) is 2.89. The van der Waals surface area contributed by atoms with Crippen molar-refractivity contribution in [2.24, 2.45) is 0 Å². The Morgan fingerprint density at radius 2 is 2.09 bits per heavy atom. The summed E-state index contributed by atoms with van der Waals surface area (Å²) < 4.78 is 35.2. The van der Waals surface area contributed by atoms with Gasteiger partial charge in [-0.15, -0.1) is 0 Å². The highest BCUT2D eigenvalue weighted by atomic mass is 19.4. The molecule has 11 heavy (non-hydrogen) atoms. The van der Waals surface area contributed by atoms with Crippen LogP contribution < -0.4 is 0 Å². The molecule has 0 spiro atoms. The SMILES string of the molecule is OC(c1cc[nH]c1)C(F)(F)F. The van der Waals surface area contributed by atoms with E-state index in [0.717, 1.165) is 6.20 Å². The molecule has 0 saturated heterocycles. The molecule has 0 aliphatic heterocycles. The summed E-state index contributed by atoms with van der Waals surface area (Å²) in [7, 11) is 0. The zero-order valence-corrected chi connectivity index (χ0v) is 5.39. The molecule has 0 fully saturated rings. The summed E-state index contributed by atoms with van der Waals surface area (Å²) in [5.41, 5.74) is -0.169. The van der Waals surface area contributed by atoms with E-state index < -0.39 is 12.3 Å². The molecule has 1 unspecified atom stereocenters. The van der Waals surface area contributed by atoms with Gasteiger partial charge in [0.05, 0.1) is 0 Å². The predicted molar refractivity (Wildman–Crippen MR) is 31.8 cm³/mol. The second kappa shape index (κ2) is 2.58. The van der Waals surface area contributed by atoms with Gasteiger partial charge in [-0.2, -0.15) is 13.2 Å². The topological polar surface area (TPSA) is 36.0 Å². The number of alkyl halides is 3. The number of aliphatic hydroxyl groups is 1. The lowest BCUT2D eigenvalue weighted by Gasteiger charge is -2.12. The third-order valence-corrected chi connectivity index (χ3v) is 1.25. The molecule has 62 valence electrons. The zero-order chi connectivity index (χ0) is 8.48. The lowest BCUT2D eigenvalue weighted by atomic mass is 10.2. The number of hydrogen-bond acceptors (Lipinski definition) is 1. The van der Waals surface area contributed by atoms with Crippen molar-refractivity contribution in [3.63, 3.8) is 0 Å². The summed E-state index contributed by atoms with van der Waals surface area (Å²) in [4.78, 5) is 2.42. The van der Waals surface area contributed by atoms with Crippen LogP contribution >= 0.6 is 0 Å². The summed E-state index contributed by atoms with van der Waals surface area (Å²) in [5.74, 6) is 0. The molecule has 2 nitrogen and oxygen atoms in total. The second-order valence-corrected chi connectivity index (χ2v) is 2.09. The van der Waals surface area contributed by atoms with Crippen molar-refractivity contribution in [3.05, 3.63) is 24.0 Å². The Hall–Kier alpha value is -0.970. The second-order valence-electron chi connectivity index (χ2n) is 2.09. The van der Waals surface area contributed by atoms with Crippen molar-refractivity contribution in [2.75, 3.05) is 0 Å². The Labute approximate surface area is 60.7 Å². The highest BCUT2D eigenvalue weighted by molar-refractivity contribution is 5.13. The van der Waals surface area contributed by atoms with E-state index in [2.05, 4.69) is 4.98 Å². The van der Waals surface area contributed by atoms with Crippen LogP contribution in [0.25, 0.3) is 0 Å². The molecule has 0 bridgehead atoms. The quantitative estimate of drug-likeness (QED) is 0.651. The molecule has 2 N–H and O–H groups in total. The molecular weight excluding hydrogens is 159 g/mol. The molecule has 1 atom stereocenters. The minimum atomic E-state index is -4.58. The molecule has 1 aromatic heterocycles. The molecule has 1 aromatic rings. The standard InChI is InChI=1S/C6H6F3NO/c7-6(8,9)5(11)4-1-2-10-3-4/h1-3,5,10-11H. The fraction of sp³-hybridized carbons (Fsp3) is 0.333. The van der Waals surface area contributed by atoms with E-state index in [1.807, 2.05) is 0 Å². The van der Waals surface area contributed by atoms with E-state index in [1.54, 1.807) is 0 Å². The van der Waals surface area contributed by atoms with Gasteiger partial charge < -0.3 is 10.1 Å². The zero-order valence-electron chi connectivity index (χ0n) is 5.39. The average molecular weight is 165 g/mol. The van der Waals surface area contributed by atoms with Gasteiger partial charge in [0, 0.05) is 18.0 Å². The first-order valence-electron chi connectivity index (χ1n) is 2.89. The Bertz CT molecular complexity index is 216. The maximum absolute atomic E-state index is 11.7. The van der Waals surface area contributed by atoms with E-state index in [4.69, 9.17) is 5.11 Å². The van der Waals surface area contributed by atoms with Crippen LogP contribution in [0.3, 0.4) is 0 Å². The van der Waals surface area contributed by atoms with Crippen LogP contribution in [0.5, 0.6) is 0 Å².